The molecule has 0 aliphatic carbocycles. The monoisotopic (exact) mass is 535 g/mol. The van der Waals surface area contributed by atoms with Crippen molar-refractivity contribution in [1.82, 2.24) is 5.06 Å². The number of rotatable bonds is 20. The van der Waals surface area contributed by atoms with E-state index in [0.29, 0.717) is 26.3 Å². The number of hydrogen-bond donors (Lipinski definition) is 2. The average molecular weight is 536 g/mol. The highest BCUT2D eigenvalue weighted by Crippen LogP contribution is 2.43. The van der Waals surface area contributed by atoms with Crippen molar-refractivity contribution in [2.75, 3.05) is 13.2 Å². The Morgan fingerprint density at radius 3 is 1.35 bits per heavy atom. The molecule has 0 aliphatic heterocycles. The molecule has 210 valence electrons. The van der Waals surface area contributed by atoms with Crippen LogP contribution in [0.25, 0.3) is 0 Å². The van der Waals surface area contributed by atoms with E-state index in [-0.39, 0.29) is 0 Å². The van der Waals surface area contributed by atoms with E-state index >= 15 is 0 Å². The minimum Gasteiger partial charge on any atom is -0.313 e. The van der Waals surface area contributed by atoms with Crippen molar-refractivity contribution < 1.29 is 23.7 Å². The first-order valence-electron chi connectivity index (χ1n) is 14.1. The normalized spacial score (nSPS) is 11.4. The fraction of sp³-hybridized carbons (Fsp3) is 0.600. The van der Waals surface area contributed by atoms with Crippen molar-refractivity contribution in [1.29, 1.82) is 0 Å². The van der Waals surface area contributed by atoms with Gasteiger partial charge in [-0.15, -0.1) is 0 Å². The summed E-state index contributed by atoms with van der Waals surface area (Å²) in [4.78, 5) is 9.51. The number of nitrogens with zero attached hydrogens (tertiary/aromatic N) is 1. The molecular formula is C30H50NO5P. The van der Waals surface area contributed by atoms with Gasteiger partial charge in [0.05, 0.1) is 13.2 Å². The number of unbranched alkanes of at least 4 members (excludes halogenated alkanes) is 10. The Kier molecular flexibility index (Phi) is 20.3. The van der Waals surface area contributed by atoms with Gasteiger partial charge >= 0.3 is 7.82 Å². The van der Waals surface area contributed by atoms with Gasteiger partial charge in [-0.05, 0) is 24.0 Å². The van der Waals surface area contributed by atoms with Gasteiger partial charge in [-0.3, -0.25) is 9.05 Å². The van der Waals surface area contributed by atoms with E-state index in [1.165, 1.54) is 56.4 Å². The highest BCUT2D eigenvalue weighted by molar-refractivity contribution is 7.47. The van der Waals surface area contributed by atoms with Gasteiger partial charge in [0.2, 0.25) is 0 Å². The van der Waals surface area contributed by atoms with E-state index in [9.17, 15) is 14.7 Å². The number of benzene rings is 2. The van der Waals surface area contributed by atoms with Crippen LogP contribution in [-0.4, -0.2) is 28.4 Å². The third kappa shape index (κ3) is 20.1. The minimum absolute atomic E-state index is 0.316. The van der Waals surface area contributed by atoms with Crippen molar-refractivity contribution in [2.24, 2.45) is 0 Å². The van der Waals surface area contributed by atoms with Crippen LogP contribution in [0.4, 0.5) is 0 Å². The van der Waals surface area contributed by atoms with Crippen LogP contribution in [0.15, 0.2) is 60.7 Å². The van der Waals surface area contributed by atoms with Gasteiger partial charge in [0.25, 0.3) is 0 Å². The van der Waals surface area contributed by atoms with E-state index in [1.54, 1.807) is 0 Å². The molecule has 7 heteroatoms. The highest BCUT2D eigenvalue weighted by atomic mass is 31.2. The summed E-state index contributed by atoms with van der Waals surface area (Å²) < 4.78 is 21.5. The van der Waals surface area contributed by atoms with Crippen LogP contribution in [0.3, 0.4) is 0 Å². The predicted octanol–water partition coefficient (Wildman–Crippen LogP) is 8.92. The molecule has 37 heavy (non-hydrogen) atoms. The molecule has 0 aliphatic rings. The molecule has 2 N–H and O–H groups in total. The standard InChI is InChI=1S/C16H35O4P.C14H15NO/c1-3-5-7-9-11-13-15-19-21(17,18)20-16-14-12-10-8-6-4-2;16-15(11-13-7-3-1-4-8-13)12-14-9-5-2-6-10-14/h3-16H2,1-2H3,(H,17,18);1-10,16H,11-12H2. The quantitative estimate of drug-likeness (QED) is 0.100. The summed E-state index contributed by atoms with van der Waals surface area (Å²) in [6, 6.07) is 19.9. The molecule has 0 fully saturated rings. The lowest BCUT2D eigenvalue weighted by molar-refractivity contribution is -0.108. The largest absolute Gasteiger partial charge is 0.472 e. The van der Waals surface area contributed by atoms with E-state index in [2.05, 4.69) is 13.8 Å². The summed E-state index contributed by atoms with van der Waals surface area (Å²) in [6.45, 7) is 6.11. The second-order valence-corrected chi connectivity index (χ2v) is 10.9. The smallest absolute Gasteiger partial charge is 0.313 e. The molecule has 2 rings (SSSR count). The van der Waals surface area contributed by atoms with Crippen molar-refractivity contribution in [3.05, 3.63) is 71.8 Å². The molecule has 0 bridgehead atoms. The number of hydroxylamine groups is 2. The van der Waals surface area contributed by atoms with E-state index in [4.69, 9.17) is 9.05 Å². The topological polar surface area (TPSA) is 79.2 Å². The lowest BCUT2D eigenvalue weighted by Gasteiger charge is -2.14. The molecule has 0 atom stereocenters. The predicted molar refractivity (Wildman–Crippen MR) is 152 cm³/mol. The zero-order chi connectivity index (χ0) is 27.0. The van der Waals surface area contributed by atoms with Crippen molar-refractivity contribution in [3.8, 4) is 0 Å². The third-order valence-corrected chi connectivity index (χ3v) is 6.94. The Morgan fingerprint density at radius 1 is 0.622 bits per heavy atom. The molecule has 2 aromatic rings. The summed E-state index contributed by atoms with van der Waals surface area (Å²) in [6.07, 6.45) is 13.6. The SMILES string of the molecule is CCCCCCCCOP(=O)(O)OCCCCCCCC.ON(Cc1ccccc1)Cc1ccccc1. The molecule has 0 saturated carbocycles. The maximum Gasteiger partial charge on any atom is 0.472 e. The molecule has 0 saturated heterocycles. The van der Waals surface area contributed by atoms with Gasteiger partial charge in [-0.25, -0.2) is 4.57 Å². The van der Waals surface area contributed by atoms with Crippen molar-refractivity contribution in [2.45, 2.75) is 104 Å². The zero-order valence-electron chi connectivity index (χ0n) is 23.1. The fourth-order valence-electron chi connectivity index (χ4n) is 3.81. The van der Waals surface area contributed by atoms with Gasteiger partial charge in [0, 0.05) is 13.1 Å². The van der Waals surface area contributed by atoms with E-state index in [0.717, 1.165) is 36.8 Å². The van der Waals surface area contributed by atoms with Crippen LogP contribution in [-0.2, 0) is 26.7 Å². The Labute approximate surface area is 225 Å². The molecule has 0 heterocycles. The van der Waals surface area contributed by atoms with Crippen LogP contribution >= 0.6 is 7.82 Å². The number of hydrogen-bond acceptors (Lipinski definition) is 5. The lowest BCUT2D eigenvalue weighted by atomic mass is 10.1. The van der Waals surface area contributed by atoms with Crippen LogP contribution < -0.4 is 0 Å². The molecular weight excluding hydrogens is 485 g/mol. The first-order chi connectivity index (χ1) is 18.0. The molecule has 6 nitrogen and oxygen atoms in total. The van der Waals surface area contributed by atoms with Crippen molar-refractivity contribution in [3.63, 3.8) is 0 Å². The van der Waals surface area contributed by atoms with Crippen LogP contribution in [0.5, 0.6) is 0 Å². The molecule has 0 radical (unpaired) electrons. The first kappa shape index (κ1) is 33.5. The maximum absolute atomic E-state index is 11.6. The average Bonchev–Trinajstić information content (AvgIpc) is 2.89. The zero-order valence-corrected chi connectivity index (χ0v) is 24.0. The minimum atomic E-state index is -3.82. The lowest BCUT2D eigenvalue weighted by Crippen LogP contribution is -2.17. The van der Waals surface area contributed by atoms with Gasteiger partial charge in [0.1, 0.15) is 0 Å². The van der Waals surface area contributed by atoms with Gasteiger partial charge in [0.15, 0.2) is 0 Å². The highest BCUT2D eigenvalue weighted by Gasteiger charge is 2.19. The summed E-state index contributed by atoms with van der Waals surface area (Å²) in [7, 11) is -3.82. The van der Waals surface area contributed by atoms with Crippen LogP contribution in [0.2, 0.25) is 0 Å². The molecule has 0 aromatic heterocycles. The van der Waals surface area contributed by atoms with Crippen LogP contribution in [0, 0.1) is 0 Å². The summed E-state index contributed by atoms with van der Waals surface area (Å²) in [5.74, 6) is 0. The summed E-state index contributed by atoms with van der Waals surface area (Å²) in [5.41, 5.74) is 2.22. The van der Waals surface area contributed by atoms with Crippen molar-refractivity contribution >= 4 is 7.82 Å². The first-order valence-corrected chi connectivity index (χ1v) is 15.6. The Morgan fingerprint density at radius 2 is 0.973 bits per heavy atom. The molecule has 2 aromatic carbocycles. The van der Waals surface area contributed by atoms with Gasteiger partial charge in [-0.1, -0.05) is 139 Å². The number of phosphoric ester groups is 1. The second kappa shape index (κ2) is 22.5. The van der Waals surface area contributed by atoms with Crippen LogP contribution in [0.1, 0.15) is 102 Å². The summed E-state index contributed by atoms with van der Waals surface area (Å²) >= 11 is 0. The van der Waals surface area contributed by atoms with E-state index in [1.807, 2.05) is 60.7 Å². The van der Waals surface area contributed by atoms with Gasteiger partial charge in [-0.2, -0.15) is 5.06 Å². The Balaban J connectivity index is 0.000000381. The summed E-state index contributed by atoms with van der Waals surface area (Å²) in [5, 5.41) is 11.1. The Hall–Kier alpha value is -1.53. The molecule has 0 unspecified atom stereocenters. The number of phosphoric acid groups is 1. The third-order valence-electron chi connectivity index (χ3n) is 5.92. The molecule has 0 spiro atoms. The van der Waals surface area contributed by atoms with E-state index < -0.39 is 7.82 Å². The molecule has 0 amide bonds. The Bertz CT molecular complexity index is 743. The van der Waals surface area contributed by atoms with Gasteiger partial charge < -0.3 is 10.1 Å². The maximum atomic E-state index is 11.6. The fourth-order valence-corrected chi connectivity index (χ4v) is 4.60. The second-order valence-electron chi connectivity index (χ2n) is 9.46.